The summed E-state index contributed by atoms with van der Waals surface area (Å²) in [6.07, 6.45) is 26.9. The van der Waals surface area contributed by atoms with Gasteiger partial charge in [-0.15, -0.1) is 0 Å². The number of quaternary nitrogens is 2. The zero-order valence-corrected chi connectivity index (χ0v) is 30.0. The van der Waals surface area contributed by atoms with E-state index < -0.39 is 0 Å². The first kappa shape index (κ1) is 41.9. The SMILES string of the molecule is CCCCCCCCCCCC(=O)OCCC[N+](C)(C)CCC[N+](C)(C)CCCOC(=O)CCCCCCCCCCC. The maximum atomic E-state index is 12.1. The van der Waals surface area contributed by atoms with Crippen LogP contribution in [0, 0.1) is 0 Å². The van der Waals surface area contributed by atoms with Gasteiger partial charge in [-0.3, -0.25) is 9.59 Å². The molecule has 0 aromatic rings. The molecule has 0 spiro atoms. The normalized spacial score (nSPS) is 12.0. The molecular weight excluding hydrogens is 536 g/mol. The quantitative estimate of drug-likeness (QED) is 0.0432. The standard InChI is InChI=1S/C37H76N2O4/c1-7-9-11-13-15-17-19-21-23-28-36(40)42-34-26-32-38(3,4)30-25-31-39(5,6)33-27-35-43-37(41)29-24-22-20-18-16-14-12-10-8-2/h7-35H2,1-6H3/q+2. The van der Waals surface area contributed by atoms with E-state index in [1.807, 2.05) is 0 Å². The van der Waals surface area contributed by atoms with Gasteiger partial charge in [0.05, 0.1) is 67.6 Å². The van der Waals surface area contributed by atoms with Gasteiger partial charge in [-0.05, 0) is 12.8 Å². The topological polar surface area (TPSA) is 52.6 Å². The van der Waals surface area contributed by atoms with Crippen molar-refractivity contribution in [3.8, 4) is 0 Å². The summed E-state index contributed by atoms with van der Waals surface area (Å²) in [7, 11) is 9.10. The van der Waals surface area contributed by atoms with Gasteiger partial charge in [0, 0.05) is 32.1 Å². The van der Waals surface area contributed by atoms with Crippen LogP contribution >= 0.6 is 0 Å². The Labute approximate surface area is 268 Å². The zero-order valence-electron chi connectivity index (χ0n) is 30.0. The maximum absolute atomic E-state index is 12.1. The van der Waals surface area contributed by atoms with E-state index in [1.165, 1.54) is 89.9 Å². The number of ether oxygens (including phenoxy) is 2. The third-order valence-electron chi connectivity index (χ3n) is 8.84. The third kappa shape index (κ3) is 30.7. The summed E-state index contributed by atoms with van der Waals surface area (Å²) in [5.74, 6) is -0.0528. The summed E-state index contributed by atoms with van der Waals surface area (Å²) in [6, 6.07) is 0. The van der Waals surface area contributed by atoms with Gasteiger partial charge >= 0.3 is 11.9 Å². The monoisotopic (exact) mass is 613 g/mol. The predicted molar refractivity (Wildman–Crippen MR) is 183 cm³/mol. The molecule has 6 nitrogen and oxygen atoms in total. The van der Waals surface area contributed by atoms with Crippen LogP contribution in [0.3, 0.4) is 0 Å². The van der Waals surface area contributed by atoms with E-state index in [-0.39, 0.29) is 11.9 Å². The molecule has 0 rings (SSSR count). The fourth-order valence-corrected chi connectivity index (χ4v) is 5.81. The minimum Gasteiger partial charge on any atom is -0.465 e. The van der Waals surface area contributed by atoms with Gasteiger partial charge in [0.25, 0.3) is 0 Å². The van der Waals surface area contributed by atoms with Gasteiger partial charge in [0.2, 0.25) is 0 Å². The van der Waals surface area contributed by atoms with Crippen LogP contribution in [-0.4, -0.2) is 88.5 Å². The summed E-state index contributed by atoms with van der Waals surface area (Å²) in [5, 5.41) is 0. The van der Waals surface area contributed by atoms with Crippen molar-refractivity contribution in [3.05, 3.63) is 0 Å². The number of hydrogen-bond acceptors (Lipinski definition) is 4. The highest BCUT2D eigenvalue weighted by Gasteiger charge is 2.20. The molecule has 0 heterocycles. The van der Waals surface area contributed by atoms with Crippen molar-refractivity contribution in [1.29, 1.82) is 0 Å². The van der Waals surface area contributed by atoms with Crippen molar-refractivity contribution < 1.29 is 28.0 Å². The molecule has 0 saturated carbocycles. The minimum absolute atomic E-state index is 0.0264. The van der Waals surface area contributed by atoms with E-state index in [0.717, 1.165) is 80.1 Å². The van der Waals surface area contributed by atoms with E-state index in [9.17, 15) is 9.59 Å². The number of hydrogen-bond donors (Lipinski definition) is 0. The molecule has 0 amide bonds. The number of carbonyl (C=O) groups is 2. The van der Waals surface area contributed by atoms with Crippen molar-refractivity contribution in [1.82, 2.24) is 0 Å². The molecule has 0 aliphatic rings. The molecule has 43 heavy (non-hydrogen) atoms. The number of carbonyl (C=O) groups excluding carboxylic acids is 2. The molecule has 0 aliphatic carbocycles. The molecule has 0 atom stereocenters. The molecule has 0 unspecified atom stereocenters. The van der Waals surface area contributed by atoms with Gasteiger partial charge in [-0.2, -0.15) is 0 Å². The van der Waals surface area contributed by atoms with Crippen LogP contribution in [-0.2, 0) is 19.1 Å². The van der Waals surface area contributed by atoms with E-state index in [4.69, 9.17) is 9.47 Å². The lowest BCUT2D eigenvalue weighted by Crippen LogP contribution is -2.46. The number of nitrogens with zero attached hydrogens (tertiary/aromatic N) is 2. The van der Waals surface area contributed by atoms with E-state index in [2.05, 4.69) is 42.0 Å². The van der Waals surface area contributed by atoms with Crippen LogP contribution in [0.5, 0.6) is 0 Å². The molecule has 0 aliphatic heterocycles. The Morgan fingerprint density at radius 2 is 0.674 bits per heavy atom. The highest BCUT2D eigenvalue weighted by Crippen LogP contribution is 2.13. The summed E-state index contributed by atoms with van der Waals surface area (Å²) >= 11 is 0. The average molecular weight is 613 g/mol. The van der Waals surface area contributed by atoms with Gasteiger partial charge in [-0.25, -0.2) is 0 Å². The summed E-state index contributed by atoms with van der Waals surface area (Å²) in [5.41, 5.74) is 0. The molecule has 256 valence electrons. The Balaban J connectivity index is 3.73. The van der Waals surface area contributed by atoms with Crippen molar-refractivity contribution >= 4 is 11.9 Å². The fourth-order valence-electron chi connectivity index (χ4n) is 5.81. The first-order chi connectivity index (χ1) is 20.6. The van der Waals surface area contributed by atoms with Gasteiger partial charge < -0.3 is 18.4 Å². The highest BCUT2D eigenvalue weighted by molar-refractivity contribution is 5.69. The van der Waals surface area contributed by atoms with Crippen molar-refractivity contribution in [2.24, 2.45) is 0 Å². The second-order valence-electron chi connectivity index (χ2n) is 14.4. The Kier molecular flexibility index (Phi) is 27.6. The first-order valence-corrected chi connectivity index (χ1v) is 18.6. The molecule has 0 aromatic carbocycles. The summed E-state index contributed by atoms with van der Waals surface area (Å²) in [4.78, 5) is 24.1. The smallest absolute Gasteiger partial charge is 0.305 e. The third-order valence-corrected chi connectivity index (χ3v) is 8.84. The van der Waals surface area contributed by atoms with E-state index >= 15 is 0 Å². The molecule has 0 bridgehead atoms. The second-order valence-corrected chi connectivity index (χ2v) is 14.4. The Morgan fingerprint density at radius 3 is 1.00 bits per heavy atom. The lowest BCUT2D eigenvalue weighted by atomic mass is 10.1. The molecule has 0 fully saturated rings. The van der Waals surface area contributed by atoms with E-state index in [1.54, 1.807) is 0 Å². The Bertz CT molecular complexity index is 597. The first-order valence-electron chi connectivity index (χ1n) is 18.6. The average Bonchev–Trinajstić information content (AvgIpc) is 2.95. The van der Waals surface area contributed by atoms with Gasteiger partial charge in [0.1, 0.15) is 0 Å². The number of esters is 2. The van der Waals surface area contributed by atoms with Crippen LogP contribution in [0.15, 0.2) is 0 Å². The Hall–Kier alpha value is -1.14. The van der Waals surface area contributed by atoms with Gasteiger partial charge in [-0.1, -0.05) is 117 Å². The molecule has 0 aromatic heterocycles. The number of unbranched alkanes of at least 4 members (excludes halogenated alkanes) is 16. The van der Waals surface area contributed by atoms with Crippen LogP contribution in [0.1, 0.15) is 162 Å². The molecular formula is C37H76N2O4+2. The van der Waals surface area contributed by atoms with Crippen LogP contribution in [0.2, 0.25) is 0 Å². The lowest BCUT2D eigenvalue weighted by molar-refractivity contribution is -0.909. The minimum atomic E-state index is -0.0264. The van der Waals surface area contributed by atoms with Crippen molar-refractivity contribution in [2.75, 3.05) is 67.6 Å². The van der Waals surface area contributed by atoms with Crippen LogP contribution < -0.4 is 0 Å². The second kappa shape index (κ2) is 28.3. The molecule has 0 radical (unpaired) electrons. The fraction of sp³-hybridized carbons (Fsp3) is 0.946. The van der Waals surface area contributed by atoms with Gasteiger partial charge in [0.15, 0.2) is 0 Å². The van der Waals surface area contributed by atoms with Crippen LogP contribution in [0.4, 0.5) is 0 Å². The predicted octanol–water partition coefficient (Wildman–Crippen LogP) is 9.24. The largest absolute Gasteiger partial charge is 0.465 e. The molecule has 0 saturated heterocycles. The van der Waals surface area contributed by atoms with Crippen molar-refractivity contribution in [3.63, 3.8) is 0 Å². The molecule has 6 heteroatoms. The maximum Gasteiger partial charge on any atom is 0.305 e. The van der Waals surface area contributed by atoms with Crippen LogP contribution in [0.25, 0.3) is 0 Å². The molecule has 0 N–H and O–H groups in total. The number of rotatable bonds is 32. The zero-order chi connectivity index (χ0) is 32.1. The summed E-state index contributed by atoms with van der Waals surface area (Å²) in [6.45, 7) is 9.86. The Morgan fingerprint density at radius 1 is 0.395 bits per heavy atom. The van der Waals surface area contributed by atoms with Crippen molar-refractivity contribution in [2.45, 2.75) is 162 Å². The summed E-state index contributed by atoms with van der Waals surface area (Å²) < 4.78 is 12.9. The van der Waals surface area contributed by atoms with E-state index in [0.29, 0.717) is 26.1 Å². The lowest BCUT2D eigenvalue weighted by Gasteiger charge is -2.33. The highest BCUT2D eigenvalue weighted by atomic mass is 16.5.